The third-order valence-electron chi connectivity index (χ3n) is 9.30. The molecular weight excluding hydrogens is 613 g/mol. The third-order valence-corrected chi connectivity index (χ3v) is 9.30. The molecule has 2 amide bonds. The second-order valence-electron chi connectivity index (χ2n) is 12.0. The minimum absolute atomic E-state index is 0.0144. The van der Waals surface area contributed by atoms with Crippen LogP contribution in [0.1, 0.15) is 31.2 Å². The topological polar surface area (TPSA) is 113 Å². The number of ether oxygens (including phenoxy) is 1. The molecule has 1 aliphatic heterocycles. The Hall–Kier alpha value is -5.45. The average Bonchev–Trinajstić information content (AvgIpc) is 3.29. The number of nitrogens with zero attached hydrogens (tertiary/aromatic N) is 1. The number of imide groups is 1. The highest BCUT2D eigenvalue weighted by molar-refractivity contribution is 6.25. The summed E-state index contributed by atoms with van der Waals surface area (Å²) in [6, 6.07) is 19.3. The molecule has 11 heteroatoms. The van der Waals surface area contributed by atoms with Gasteiger partial charge < -0.3 is 15.2 Å². The summed E-state index contributed by atoms with van der Waals surface area (Å²) in [5.74, 6) is -6.35. The van der Waals surface area contributed by atoms with Crippen LogP contribution in [0.4, 0.5) is 30.2 Å². The first-order valence-corrected chi connectivity index (χ1v) is 15.0. The van der Waals surface area contributed by atoms with E-state index >= 15 is 0 Å². The summed E-state index contributed by atoms with van der Waals surface area (Å²) >= 11 is 0. The molecule has 4 aliphatic rings. The molecule has 3 aromatic rings. The highest BCUT2D eigenvalue weighted by atomic mass is 19.4. The van der Waals surface area contributed by atoms with Gasteiger partial charge in [0.15, 0.2) is 11.6 Å². The molecule has 8 nitrogen and oxygen atoms in total. The monoisotopic (exact) mass is 640 g/mol. The molecule has 47 heavy (non-hydrogen) atoms. The van der Waals surface area contributed by atoms with Gasteiger partial charge in [-0.2, -0.15) is 0 Å². The Bertz CT molecular complexity index is 1940. The van der Waals surface area contributed by atoms with Gasteiger partial charge in [0.1, 0.15) is 11.5 Å². The van der Waals surface area contributed by atoms with Crippen LogP contribution in [0.5, 0.6) is 11.5 Å². The van der Waals surface area contributed by atoms with Crippen molar-refractivity contribution in [3.63, 3.8) is 0 Å². The van der Waals surface area contributed by atoms with Crippen molar-refractivity contribution >= 4 is 40.4 Å². The lowest BCUT2D eigenvalue weighted by Gasteiger charge is -2.42. The fourth-order valence-corrected chi connectivity index (χ4v) is 7.31. The number of benzene rings is 3. The number of rotatable bonds is 5. The molecule has 0 aromatic heterocycles. The number of anilines is 3. The number of allylic oxidation sites excluding steroid dienone is 6. The van der Waals surface area contributed by atoms with Crippen LogP contribution in [0.2, 0.25) is 0 Å². The fraction of sp³-hybridized carbons (Fsp3) is 0.222. The maximum Gasteiger partial charge on any atom is 0.573 e. The van der Waals surface area contributed by atoms with Gasteiger partial charge in [0.25, 0.3) is 0 Å². The van der Waals surface area contributed by atoms with Crippen LogP contribution in [0.15, 0.2) is 107 Å². The Morgan fingerprint density at radius 1 is 0.894 bits per heavy atom. The number of carbonyl (C=O) groups is 4. The van der Waals surface area contributed by atoms with E-state index in [9.17, 15) is 37.5 Å². The molecule has 4 atom stereocenters. The van der Waals surface area contributed by atoms with Crippen LogP contribution in [-0.4, -0.2) is 34.8 Å². The molecule has 1 heterocycles. The van der Waals surface area contributed by atoms with Gasteiger partial charge in [0.05, 0.1) is 17.5 Å². The molecule has 2 N–H and O–H groups in total. The molecule has 0 saturated carbocycles. The summed E-state index contributed by atoms with van der Waals surface area (Å²) in [5.41, 5.74) is 2.72. The molecular formula is C36H27F3N2O6. The summed E-state index contributed by atoms with van der Waals surface area (Å²) in [6.07, 6.45) is -1.98. The van der Waals surface area contributed by atoms with Gasteiger partial charge in [-0.3, -0.25) is 24.1 Å². The zero-order valence-electron chi connectivity index (χ0n) is 24.9. The van der Waals surface area contributed by atoms with Crippen molar-refractivity contribution in [3.05, 3.63) is 113 Å². The molecule has 7 rings (SSSR count). The molecule has 1 fully saturated rings. The van der Waals surface area contributed by atoms with Crippen LogP contribution in [0.25, 0.3) is 0 Å². The zero-order valence-corrected chi connectivity index (χ0v) is 24.9. The first kappa shape index (κ1) is 30.2. The molecule has 0 radical (unpaired) electrons. The Kier molecular flexibility index (Phi) is 7.14. The highest BCUT2D eigenvalue weighted by Crippen LogP contribution is 2.56. The van der Waals surface area contributed by atoms with E-state index in [2.05, 4.69) is 10.1 Å². The minimum atomic E-state index is -5.02. The van der Waals surface area contributed by atoms with Crippen molar-refractivity contribution in [2.45, 2.75) is 32.0 Å². The molecule has 1 saturated heterocycles. The lowest BCUT2D eigenvalue weighted by atomic mass is 9.59. The SMILES string of the molecule is CC1=CC(=O)C2=C(C1=O)[C@@H](c1cc(OC(F)(F)F)ccc1O)C1=CC[C@@H]3C(=O)N(c4ccc(Nc5ccccc5)cc4)C(=O)[C@@H]3[C@@H]1C2. The molecule has 0 spiro atoms. The fourth-order valence-electron chi connectivity index (χ4n) is 7.31. The number of fused-ring (bicyclic) bond motifs is 3. The number of hydrogen-bond acceptors (Lipinski definition) is 7. The lowest BCUT2D eigenvalue weighted by Crippen LogP contribution is -2.39. The Balaban J connectivity index is 1.27. The molecule has 3 aliphatic carbocycles. The van der Waals surface area contributed by atoms with Crippen molar-refractivity contribution in [2.75, 3.05) is 10.2 Å². The minimum Gasteiger partial charge on any atom is -0.508 e. The van der Waals surface area contributed by atoms with Gasteiger partial charge in [-0.15, -0.1) is 13.2 Å². The van der Waals surface area contributed by atoms with E-state index in [1.54, 1.807) is 30.3 Å². The quantitative estimate of drug-likeness (QED) is 0.182. The average molecular weight is 641 g/mol. The number of phenolic OH excluding ortho intramolecular Hbond substituents is 1. The predicted octanol–water partition coefficient (Wildman–Crippen LogP) is 6.67. The number of alkyl halides is 3. The van der Waals surface area contributed by atoms with Crippen LogP contribution < -0.4 is 15.0 Å². The van der Waals surface area contributed by atoms with Crippen LogP contribution in [0.3, 0.4) is 0 Å². The van der Waals surface area contributed by atoms with Gasteiger partial charge in [-0.1, -0.05) is 29.8 Å². The van der Waals surface area contributed by atoms with Crippen molar-refractivity contribution < 1.29 is 42.2 Å². The number of hydrogen-bond donors (Lipinski definition) is 2. The molecule has 238 valence electrons. The van der Waals surface area contributed by atoms with E-state index in [1.807, 2.05) is 30.3 Å². The van der Waals surface area contributed by atoms with E-state index in [4.69, 9.17) is 0 Å². The van der Waals surface area contributed by atoms with Crippen molar-refractivity contribution in [1.82, 2.24) is 0 Å². The zero-order chi connectivity index (χ0) is 33.2. The largest absolute Gasteiger partial charge is 0.573 e. The number of ketones is 2. The first-order valence-electron chi connectivity index (χ1n) is 15.0. The number of para-hydroxylation sites is 1. The number of carbonyl (C=O) groups excluding carboxylic acids is 4. The van der Waals surface area contributed by atoms with E-state index in [1.165, 1.54) is 13.0 Å². The summed E-state index contributed by atoms with van der Waals surface area (Å²) < 4.78 is 43.6. The third kappa shape index (κ3) is 5.21. The summed E-state index contributed by atoms with van der Waals surface area (Å²) in [4.78, 5) is 56.0. The second kappa shape index (κ2) is 11.1. The number of phenols is 1. The maximum absolute atomic E-state index is 14.1. The van der Waals surface area contributed by atoms with Crippen LogP contribution in [-0.2, 0) is 19.2 Å². The standard InChI is InChI=1S/C36H27F3N2O6/c1-18-15-29(43)27-17-25-23(30(32(27)33(18)44)26-16-22(11-14-28(26)42)47-36(37,38)39)12-13-24-31(25)35(46)41(34(24)45)21-9-7-20(8-10-21)40-19-5-3-2-4-6-19/h2-12,14-16,24-25,30-31,40,42H,13,17H2,1H3/t24-,25+,30+,31-/m0/s1. The number of amides is 2. The van der Waals surface area contributed by atoms with E-state index < -0.39 is 64.9 Å². The normalized spacial score (nSPS) is 24.0. The van der Waals surface area contributed by atoms with Gasteiger partial charge in [0.2, 0.25) is 11.8 Å². The number of halogens is 3. The number of Topliss-reactive ketones (excluding diaryl/α,β-unsaturated/α-hetero) is 1. The maximum atomic E-state index is 14.1. The molecule has 0 bridgehead atoms. The summed E-state index contributed by atoms with van der Waals surface area (Å²) in [5, 5.41) is 14.2. The van der Waals surface area contributed by atoms with Crippen molar-refractivity contribution in [2.24, 2.45) is 17.8 Å². The lowest BCUT2D eigenvalue weighted by molar-refractivity contribution is -0.274. The smallest absolute Gasteiger partial charge is 0.508 e. The van der Waals surface area contributed by atoms with Gasteiger partial charge in [-0.05, 0) is 86.4 Å². The molecule has 0 unspecified atom stereocenters. The first-order chi connectivity index (χ1) is 22.4. The predicted molar refractivity (Wildman–Crippen MR) is 165 cm³/mol. The summed E-state index contributed by atoms with van der Waals surface area (Å²) in [6.45, 7) is 1.47. The van der Waals surface area contributed by atoms with E-state index in [-0.39, 0.29) is 35.1 Å². The highest BCUT2D eigenvalue weighted by Gasteiger charge is 2.57. The van der Waals surface area contributed by atoms with E-state index in [0.29, 0.717) is 11.3 Å². The number of nitrogens with one attached hydrogen (secondary N) is 1. The summed E-state index contributed by atoms with van der Waals surface area (Å²) in [7, 11) is 0. The van der Waals surface area contributed by atoms with Gasteiger partial charge >= 0.3 is 6.36 Å². The van der Waals surface area contributed by atoms with Crippen LogP contribution >= 0.6 is 0 Å². The molecule has 3 aromatic carbocycles. The Labute approximate surface area is 266 Å². The van der Waals surface area contributed by atoms with E-state index in [0.717, 1.165) is 34.5 Å². The van der Waals surface area contributed by atoms with Crippen molar-refractivity contribution in [3.8, 4) is 11.5 Å². The Morgan fingerprint density at radius 3 is 2.30 bits per heavy atom. The number of aromatic hydroxyl groups is 1. The van der Waals surface area contributed by atoms with Crippen LogP contribution in [0, 0.1) is 17.8 Å². The van der Waals surface area contributed by atoms with Crippen molar-refractivity contribution in [1.29, 1.82) is 0 Å². The van der Waals surface area contributed by atoms with Gasteiger partial charge in [-0.25, -0.2) is 0 Å². The Morgan fingerprint density at radius 2 is 1.60 bits per heavy atom. The van der Waals surface area contributed by atoms with Gasteiger partial charge in [0, 0.05) is 39.6 Å². The second-order valence-corrected chi connectivity index (χ2v) is 12.0.